The quantitative estimate of drug-likeness (QED) is 0.657. The van der Waals surface area contributed by atoms with Gasteiger partial charge in [0.1, 0.15) is 10.6 Å². The maximum atomic E-state index is 12.7. The molecular weight excluding hydrogens is 340 g/mol. The predicted octanol–water partition coefficient (Wildman–Crippen LogP) is 2.77. The maximum Gasteiger partial charge on any atom is 0.356 e. The molecule has 23 heavy (non-hydrogen) atoms. The molecule has 0 radical (unpaired) electrons. The van der Waals surface area contributed by atoms with Gasteiger partial charge in [-0.3, -0.25) is 0 Å². The van der Waals surface area contributed by atoms with Gasteiger partial charge >= 0.3 is 5.97 Å². The van der Waals surface area contributed by atoms with E-state index in [2.05, 4.69) is 0 Å². The highest BCUT2D eigenvalue weighted by molar-refractivity contribution is 7.90. The molecule has 8 heteroatoms. The van der Waals surface area contributed by atoms with Crippen molar-refractivity contribution in [1.29, 1.82) is 0 Å². The highest BCUT2D eigenvalue weighted by Gasteiger charge is 2.25. The first-order chi connectivity index (χ1) is 10.7. The normalized spacial score (nSPS) is 11.7. The molecule has 124 valence electrons. The molecule has 0 fully saturated rings. The van der Waals surface area contributed by atoms with Gasteiger partial charge in [0.05, 0.1) is 12.3 Å². The van der Waals surface area contributed by atoms with E-state index in [1.54, 1.807) is 0 Å². The molecule has 0 amide bonds. The second-order valence-corrected chi connectivity index (χ2v) is 7.59. The number of carbonyl (C=O) groups excluding carboxylic acids is 1. The standard InChI is InChI=1S/C15H17ClN2O4S/c1-10(2)9-22-15(19)13-4-3-7-18(13)23(20,21)14-8-11(16)5-6-12(14)17/h3-8,10H,9,17H2,1-2H3. The Morgan fingerprint density at radius 2 is 2.04 bits per heavy atom. The second kappa shape index (κ2) is 6.64. The Labute approximate surface area is 139 Å². The minimum Gasteiger partial charge on any atom is -0.461 e. The minimum absolute atomic E-state index is 0.0459. The van der Waals surface area contributed by atoms with Crippen molar-refractivity contribution in [3.8, 4) is 0 Å². The van der Waals surface area contributed by atoms with Crippen LogP contribution in [0.2, 0.25) is 5.02 Å². The Morgan fingerprint density at radius 1 is 1.35 bits per heavy atom. The summed E-state index contributed by atoms with van der Waals surface area (Å²) in [5, 5.41) is 0.230. The number of ether oxygens (including phenoxy) is 1. The fraction of sp³-hybridized carbons (Fsp3) is 0.267. The predicted molar refractivity (Wildman–Crippen MR) is 88.0 cm³/mol. The Hall–Kier alpha value is -1.99. The first kappa shape index (κ1) is 17.4. The minimum atomic E-state index is -4.06. The van der Waals surface area contributed by atoms with E-state index in [0.29, 0.717) is 0 Å². The Bertz CT molecular complexity index is 828. The fourth-order valence-electron chi connectivity index (χ4n) is 1.89. The van der Waals surface area contributed by atoms with E-state index in [1.807, 2.05) is 13.8 Å². The maximum absolute atomic E-state index is 12.7. The molecule has 0 saturated carbocycles. The number of anilines is 1. The van der Waals surface area contributed by atoms with Gasteiger partial charge in [-0.1, -0.05) is 25.4 Å². The number of benzene rings is 1. The van der Waals surface area contributed by atoms with Crippen molar-refractivity contribution in [2.45, 2.75) is 18.7 Å². The number of esters is 1. The largest absolute Gasteiger partial charge is 0.461 e. The number of hydrogen-bond acceptors (Lipinski definition) is 5. The smallest absolute Gasteiger partial charge is 0.356 e. The number of nitrogens with two attached hydrogens (primary N) is 1. The SMILES string of the molecule is CC(C)COC(=O)c1cccn1S(=O)(=O)c1cc(Cl)ccc1N. The third kappa shape index (κ3) is 3.68. The summed E-state index contributed by atoms with van der Waals surface area (Å²) < 4.78 is 31.4. The summed E-state index contributed by atoms with van der Waals surface area (Å²) in [4.78, 5) is 11.9. The first-order valence-corrected chi connectivity index (χ1v) is 8.70. The van der Waals surface area contributed by atoms with E-state index in [4.69, 9.17) is 22.1 Å². The van der Waals surface area contributed by atoms with Crippen LogP contribution in [0.4, 0.5) is 5.69 Å². The van der Waals surface area contributed by atoms with Crippen LogP contribution in [-0.2, 0) is 14.8 Å². The van der Waals surface area contributed by atoms with Crippen molar-refractivity contribution in [2.24, 2.45) is 5.92 Å². The van der Waals surface area contributed by atoms with Crippen LogP contribution in [0, 0.1) is 5.92 Å². The summed E-state index contributed by atoms with van der Waals surface area (Å²) >= 11 is 5.85. The molecule has 2 N–H and O–H groups in total. The Morgan fingerprint density at radius 3 is 2.70 bits per heavy atom. The molecular formula is C15H17ClN2O4S. The van der Waals surface area contributed by atoms with Gasteiger partial charge in [-0.15, -0.1) is 0 Å². The zero-order valence-corrected chi connectivity index (χ0v) is 14.3. The van der Waals surface area contributed by atoms with Gasteiger partial charge in [0, 0.05) is 11.2 Å². The lowest BCUT2D eigenvalue weighted by atomic mass is 10.2. The van der Waals surface area contributed by atoms with Gasteiger partial charge in [-0.2, -0.15) is 0 Å². The number of halogens is 1. The van der Waals surface area contributed by atoms with Crippen molar-refractivity contribution in [3.63, 3.8) is 0 Å². The topological polar surface area (TPSA) is 91.4 Å². The number of carbonyl (C=O) groups is 1. The summed E-state index contributed by atoms with van der Waals surface area (Å²) in [7, 11) is -4.06. The number of rotatable bonds is 5. The van der Waals surface area contributed by atoms with Gasteiger partial charge < -0.3 is 10.5 Å². The number of nitrogen functional groups attached to an aromatic ring is 1. The Kier molecular flexibility index (Phi) is 5.01. The van der Waals surface area contributed by atoms with E-state index in [9.17, 15) is 13.2 Å². The van der Waals surface area contributed by atoms with Crippen LogP contribution in [0.3, 0.4) is 0 Å². The van der Waals surface area contributed by atoms with Crippen molar-refractivity contribution in [1.82, 2.24) is 3.97 Å². The van der Waals surface area contributed by atoms with Gasteiger partial charge in [0.2, 0.25) is 0 Å². The molecule has 0 aliphatic rings. The van der Waals surface area contributed by atoms with Crippen LogP contribution < -0.4 is 5.73 Å². The second-order valence-electron chi connectivity index (χ2n) is 5.37. The van der Waals surface area contributed by atoms with Crippen molar-refractivity contribution < 1.29 is 17.9 Å². The third-order valence-corrected chi connectivity index (χ3v) is 4.96. The molecule has 0 spiro atoms. The van der Waals surface area contributed by atoms with Crippen molar-refractivity contribution in [2.75, 3.05) is 12.3 Å². The van der Waals surface area contributed by atoms with E-state index >= 15 is 0 Å². The number of hydrogen-bond donors (Lipinski definition) is 1. The summed E-state index contributed by atoms with van der Waals surface area (Å²) in [5.74, 6) is -0.574. The van der Waals surface area contributed by atoms with Gasteiger partial charge in [-0.25, -0.2) is 17.2 Å². The highest BCUT2D eigenvalue weighted by atomic mass is 35.5. The molecule has 6 nitrogen and oxygen atoms in total. The lowest BCUT2D eigenvalue weighted by Crippen LogP contribution is -2.21. The first-order valence-electron chi connectivity index (χ1n) is 6.88. The zero-order chi connectivity index (χ0) is 17.2. The fourth-order valence-corrected chi connectivity index (χ4v) is 3.60. The van der Waals surface area contributed by atoms with Crippen molar-refractivity contribution >= 4 is 33.3 Å². The molecule has 0 aliphatic carbocycles. The van der Waals surface area contributed by atoms with Crippen LogP contribution in [0.5, 0.6) is 0 Å². The van der Waals surface area contributed by atoms with Crippen LogP contribution in [0.15, 0.2) is 41.4 Å². The summed E-state index contributed by atoms with van der Waals surface area (Å²) in [6.07, 6.45) is 1.27. The monoisotopic (exact) mass is 356 g/mol. The van der Waals surface area contributed by atoms with Crippen LogP contribution in [0.25, 0.3) is 0 Å². The van der Waals surface area contributed by atoms with E-state index < -0.39 is 16.0 Å². The average Bonchev–Trinajstić information content (AvgIpc) is 2.97. The molecule has 0 atom stereocenters. The van der Waals surface area contributed by atoms with E-state index in [-0.39, 0.29) is 33.8 Å². The van der Waals surface area contributed by atoms with Crippen LogP contribution >= 0.6 is 11.6 Å². The van der Waals surface area contributed by atoms with Crippen LogP contribution in [0.1, 0.15) is 24.3 Å². The number of aromatic nitrogens is 1. The van der Waals surface area contributed by atoms with Crippen LogP contribution in [-0.4, -0.2) is 25.0 Å². The van der Waals surface area contributed by atoms with Gasteiger partial charge in [0.25, 0.3) is 10.0 Å². The van der Waals surface area contributed by atoms with Gasteiger partial charge in [-0.05, 0) is 36.2 Å². The van der Waals surface area contributed by atoms with E-state index in [1.165, 1.54) is 36.5 Å². The molecule has 2 aromatic rings. The molecule has 1 aromatic carbocycles. The molecule has 1 aromatic heterocycles. The number of nitrogens with zero attached hydrogens (tertiary/aromatic N) is 1. The zero-order valence-electron chi connectivity index (χ0n) is 12.7. The van der Waals surface area contributed by atoms with Gasteiger partial charge in [0.15, 0.2) is 0 Å². The highest BCUT2D eigenvalue weighted by Crippen LogP contribution is 2.26. The lowest BCUT2D eigenvalue weighted by Gasteiger charge is -2.13. The molecule has 0 bridgehead atoms. The molecule has 0 unspecified atom stereocenters. The average molecular weight is 357 g/mol. The molecule has 1 heterocycles. The summed E-state index contributed by atoms with van der Waals surface area (Å²) in [5.41, 5.74) is 5.69. The third-order valence-electron chi connectivity index (χ3n) is 2.98. The van der Waals surface area contributed by atoms with E-state index in [0.717, 1.165) is 3.97 Å². The van der Waals surface area contributed by atoms with Crippen molar-refractivity contribution in [3.05, 3.63) is 47.2 Å². The summed E-state index contributed by atoms with van der Waals surface area (Å²) in [6.45, 7) is 3.97. The molecule has 0 aliphatic heterocycles. The molecule has 2 rings (SSSR count). The summed E-state index contributed by atoms with van der Waals surface area (Å²) in [6, 6.07) is 6.96. The Balaban J connectivity index is 2.44. The molecule has 0 saturated heterocycles. The lowest BCUT2D eigenvalue weighted by molar-refractivity contribution is 0.0451.